The van der Waals surface area contributed by atoms with E-state index >= 15 is 0 Å². The molecule has 1 aliphatic rings. The third-order valence-electron chi connectivity index (χ3n) is 2.98. The van der Waals surface area contributed by atoms with E-state index in [2.05, 4.69) is 0 Å². The third kappa shape index (κ3) is 2.54. The van der Waals surface area contributed by atoms with Gasteiger partial charge in [0.15, 0.2) is 9.84 Å². The summed E-state index contributed by atoms with van der Waals surface area (Å²) in [5.41, 5.74) is 0. The van der Waals surface area contributed by atoms with Gasteiger partial charge >= 0.3 is 0 Å². The zero-order chi connectivity index (χ0) is 10.9. The van der Waals surface area contributed by atoms with Crippen molar-refractivity contribution in [2.45, 2.75) is 32.4 Å². The van der Waals surface area contributed by atoms with Crippen LogP contribution < -0.4 is 0 Å². The first-order valence-electron chi connectivity index (χ1n) is 4.76. The predicted molar refractivity (Wildman–Crippen MR) is 55.0 cm³/mol. The van der Waals surface area contributed by atoms with Gasteiger partial charge in [-0.2, -0.15) is 0 Å². The molecule has 1 heterocycles. The van der Waals surface area contributed by atoms with E-state index in [1.54, 1.807) is 0 Å². The molecule has 82 valence electrons. The number of sulfone groups is 1. The first-order chi connectivity index (χ1) is 6.33. The lowest BCUT2D eigenvalue weighted by Crippen LogP contribution is -2.42. The Bertz CT molecular complexity index is 323. The van der Waals surface area contributed by atoms with Gasteiger partial charge in [0.1, 0.15) is 5.78 Å². The van der Waals surface area contributed by atoms with Crippen LogP contribution in [0.3, 0.4) is 0 Å². The number of Topliss-reactive ketones (excluding diaryl/α,β-unsaturated/α-hetero) is 1. The van der Waals surface area contributed by atoms with E-state index in [-0.39, 0.29) is 29.4 Å². The number of nitrogens with zero attached hydrogens (tertiary/aromatic N) is 1. The van der Waals surface area contributed by atoms with Crippen LogP contribution in [0.2, 0.25) is 0 Å². The summed E-state index contributed by atoms with van der Waals surface area (Å²) in [4.78, 5) is 13.0. The van der Waals surface area contributed by atoms with Crippen LogP contribution in [0, 0.1) is 0 Å². The first-order valence-corrected chi connectivity index (χ1v) is 6.58. The summed E-state index contributed by atoms with van der Waals surface area (Å²) >= 11 is 0. The Morgan fingerprint density at radius 2 is 2.07 bits per heavy atom. The number of ketones is 1. The highest BCUT2D eigenvalue weighted by atomic mass is 32.2. The van der Waals surface area contributed by atoms with Crippen molar-refractivity contribution in [3.8, 4) is 0 Å². The number of carbonyl (C=O) groups excluding carboxylic acids is 1. The minimum absolute atomic E-state index is 0.0129. The number of hydrogen-bond donors (Lipinski definition) is 0. The Labute approximate surface area is 85.2 Å². The van der Waals surface area contributed by atoms with Crippen LogP contribution >= 0.6 is 0 Å². The molecule has 1 fully saturated rings. The lowest BCUT2D eigenvalue weighted by Gasteiger charge is -2.27. The van der Waals surface area contributed by atoms with Gasteiger partial charge in [0.2, 0.25) is 0 Å². The van der Waals surface area contributed by atoms with Crippen LogP contribution in [0.25, 0.3) is 0 Å². The standard InChI is InChI=1S/C9H17NO3S/c1-7(8(2)11)10(3)9-4-5-14(12,13)6-9/h7,9H,4-6H2,1-3H3. The molecule has 5 heteroatoms. The zero-order valence-electron chi connectivity index (χ0n) is 8.86. The SMILES string of the molecule is CC(=O)C(C)N(C)C1CCS(=O)(=O)C1. The molecule has 1 rings (SSSR count). The fourth-order valence-electron chi connectivity index (χ4n) is 1.70. The van der Waals surface area contributed by atoms with Crippen molar-refractivity contribution >= 4 is 15.6 Å². The van der Waals surface area contributed by atoms with Crippen LogP contribution in [0.4, 0.5) is 0 Å². The summed E-state index contributed by atoms with van der Waals surface area (Å²) in [6.45, 7) is 3.35. The van der Waals surface area contributed by atoms with Gasteiger partial charge in [0, 0.05) is 6.04 Å². The summed E-state index contributed by atoms with van der Waals surface area (Å²) in [5, 5.41) is 0. The van der Waals surface area contributed by atoms with Gasteiger partial charge in [-0.1, -0.05) is 0 Å². The van der Waals surface area contributed by atoms with Crippen LogP contribution in [0.1, 0.15) is 20.3 Å². The van der Waals surface area contributed by atoms with Gasteiger partial charge in [0.05, 0.1) is 17.5 Å². The lowest BCUT2D eigenvalue weighted by atomic mass is 10.1. The van der Waals surface area contributed by atoms with Crippen molar-refractivity contribution in [1.29, 1.82) is 0 Å². The fraction of sp³-hybridized carbons (Fsp3) is 0.889. The minimum Gasteiger partial charge on any atom is -0.298 e. The van der Waals surface area contributed by atoms with Crippen molar-refractivity contribution in [3.63, 3.8) is 0 Å². The van der Waals surface area contributed by atoms with Crippen molar-refractivity contribution in [3.05, 3.63) is 0 Å². The van der Waals surface area contributed by atoms with Gasteiger partial charge in [-0.3, -0.25) is 9.69 Å². The summed E-state index contributed by atoms with van der Waals surface area (Å²) < 4.78 is 22.5. The molecule has 0 amide bonds. The van der Waals surface area contributed by atoms with Crippen LogP contribution in [-0.4, -0.2) is 49.7 Å². The van der Waals surface area contributed by atoms with Gasteiger partial charge in [-0.25, -0.2) is 8.42 Å². The maximum atomic E-state index is 11.2. The van der Waals surface area contributed by atoms with E-state index in [0.717, 1.165) is 0 Å². The van der Waals surface area contributed by atoms with Gasteiger partial charge < -0.3 is 0 Å². The maximum Gasteiger partial charge on any atom is 0.151 e. The van der Waals surface area contributed by atoms with E-state index in [1.807, 2.05) is 18.9 Å². The molecular formula is C9H17NO3S. The summed E-state index contributed by atoms with van der Waals surface area (Å²) in [6, 6.07) is -0.174. The van der Waals surface area contributed by atoms with E-state index < -0.39 is 9.84 Å². The number of hydrogen-bond acceptors (Lipinski definition) is 4. The molecule has 0 bridgehead atoms. The van der Waals surface area contributed by atoms with Gasteiger partial charge in [-0.15, -0.1) is 0 Å². The molecule has 2 atom stereocenters. The van der Waals surface area contributed by atoms with E-state index in [4.69, 9.17) is 0 Å². The Morgan fingerprint density at radius 3 is 2.43 bits per heavy atom. The highest BCUT2D eigenvalue weighted by Gasteiger charge is 2.33. The van der Waals surface area contributed by atoms with Crippen LogP contribution in [0.15, 0.2) is 0 Å². The fourth-order valence-corrected chi connectivity index (χ4v) is 3.49. The smallest absolute Gasteiger partial charge is 0.151 e. The highest BCUT2D eigenvalue weighted by Crippen LogP contribution is 2.18. The topological polar surface area (TPSA) is 54.5 Å². The van der Waals surface area contributed by atoms with Gasteiger partial charge in [0.25, 0.3) is 0 Å². The largest absolute Gasteiger partial charge is 0.298 e. The van der Waals surface area contributed by atoms with Crippen molar-refractivity contribution in [1.82, 2.24) is 4.90 Å². The normalized spacial score (nSPS) is 27.9. The monoisotopic (exact) mass is 219 g/mol. The van der Waals surface area contributed by atoms with Crippen molar-refractivity contribution in [2.24, 2.45) is 0 Å². The minimum atomic E-state index is -2.85. The molecule has 2 unspecified atom stereocenters. The molecule has 0 N–H and O–H groups in total. The second-order valence-corrected chi connectivity index (χ2v) is 6.24. The van der Waals surface area contributed by atoms with Crippen molar-refractivity contribution < 1.29 is 13.2 Å². The molecule has 0 aromatic carbocycles. The van der Waals surface area contributed by atoms with Crippen molar-refractivity contribution in [2.75, 3.05) is 18.6 Å². The average Bonchev–Trinajstić information content (AvgIpc) is 2.43. The zero-order valence-corrected chi connectivity index (χ0v) is 9.67. The molecular weight excluding hydrogens is 202 g/mol. The Hall–Kier alpha value is -0.420. The second-order valence-electron chi connectivity index (χ2n) is 4.01. The molecule has 0 spiro atoms. The molecule has 14 heavy (non-hydrogen) atoms. The molecule has 0 radical (unpaired) electrons. The summed E-state index contributed by atoms with van der Waals surface area (Å²) in [7, 11) is -1.04. The first kappa shape index (κ1) is 11.7. The van der Waals surface area contributed by atoms with Crippen LogP contribution in [-0.2, 0) is 14.6 Å². The molecule has 4 nitrogen and oxygen atoms in total. The van der Waals surface area contributed by atoms with E-state index in [1.165, 1.54) is 6.92 Å². The van der Waals surface area contributed by atoms with E-state index in [0.29, 0.717) is 6.42 Å². The molecule has 1 saturated heterocycles. The Balaban J connectivity index is 2.64. The third-order valence-corrected chi connectivity index (χ3v) is 4.73. The lowest BCUT2D eigenvalue weighted by molar-refractivity contribution is -0.121. The molecule has 1 aliphatic heterocycles. The number of rotatable bonds is 3. The average molecular weight is 219 g/mol. The predicted octanol–water partition coefficient (Wildman–Crippen LogP) is 0.0828. The second kappa shape index (κ2) is 3.98. The number of likely N-dealkylation sites (N-methyl/N-ethyl adjacent to an activating group) is 1. The Kier molecular flexibility index (Phi) is 3.32. The molecule has 0 aliphatic carbocycles. The quantitative estimate of drug-likeness (QED) is 0.674. The highest BCUT2D eigenvalue weighted by molar-refractivity contribution is 7.91. The van der Waals surface area contributed by atoms with Crippen LogP contribution in [0.5, 0.6) is 0 Å². The Morgan fingerprint density at radius 1 is 1.50 bits per heavy atom. The van der Waals surface area contributed by atoms with Gasteiger partial charge in [-0.05, 0) is 27.3 Å². The summed E-state index contributed by atoms with van der Waals surface area (Å²) in [5.74, 6) is 0.533. The molecule has 0 aromatic heterocycles. The number of carbonyl (C=O) groups is 1. The van der Waals surface area contributed by atoms with E-state index in [9.17, 15) is 13.2 Å². The summed E-state index contributed by atoms with van der Waals surface area (Å²) in [6.07, 6.45) is 0.649. The maximum absolute atomic E-state index is 11.2. The molecule has 0 aromatic rings. The molecule has 0 saturated carbocycles.